The summed E-state index contributed by atoms with van der Waals surface area (Å²) in [6.45, 7) is 1.09. The van der Waals surface area contributed by atoms with E-state index in [1.807, 2.05) is 0 Å². The number of phenolic OH excluding ortho intramolecular Hbond substituents is 1. The number of alkyl halides is 3. The maximum Gasteiger partial charge on any atom is 0.416 e. The monoisotopic (exact) mass is 352 g/mol. The number of rotatable bonds is 5. The Bertz CT molecular complexity index is 789. The zero-order chi connectivity index (χ0) is 18.4. The molecule has 0 saturated heterocycles. The number of halogens is 3. The first kappa shape index (κ1) is 18.3. The fourth-order valence-corrected chi connectivity index (χ4v) is 1.93. The van der Waals surface area contributed by atoms with E-state index in [1.165, 1.54) is 18.2 Å². The van der Waals surface area contributed by atoms with Crippen molar-refractivity contribution in [2.75, 3.05) is 6.61 Å². The van der Waals surface area contributed by atoms with E-state index in [0.717, 1.165) is 12.1 Å². The Kier molecular flexibility index (Phi) is 5.63. The first-order valence-electron chi connectivity index (χ1n) is 7.19. The summed E-state index contributed by atoms with van der Waals surface area (Å²) in [6, 6.07) is 10.7. The molecule has 0 saturated carbocycles. The number of carbonyl (C=O) groups is 1. The highest BCUT2D eigenvalue weighted by Crippen LogP contribution is 2.31. The van der Waals surface area contributed by atoms with Crippen LogP contribution in [0.4, 0.5) is 13.2 Å². The molecule has 1 amide bonds. The first-order chi connectivity index (χ1) is 11.8. The lowest BCUT2D eigenvalue weighted by molar-refractivity contribution is -0.137. The van der Waals surface area contributed by atoms with Gasteiger partial charge in [-0.2, -0.15) is 18.3 Å². The van der Waals surface area contributed by atoms with E-state index in [9.17, 15) is 23.1 Å². The molecule has 0 fully saturated rings. The molecule has 0 bridgehead atoms. The van der Waals surface area contributed by atoms with Gasteiger partial charge in [-0.25, -0.2) is 5.43 Å². The minimum atomic E-state index is -4.49. The number of amides is 1. The highest BCUT2D eigenvalue weighted by molar-refractivity contribution is 6.01. The number of benzene rings is 2. The van der Waals surface area contributed by atoms with Gasteiger partial charge in [0.1, 0.15) is 11.5 Å². The predicted octanol–water partition coefficient (Wildman–Crippen LogP) is 3.33. The van der Waals surface area contributed by atoms with Crippen LogP contribution in [0, 0.1) is 0 Å². The van der Waals surface area contributed by atoms with Crippen molar-refractivity contribution in [2.45, 2.75) is 13.1 Å². The van der Waals surface area contributed by atoms with Crippen LogP contribution in [-0.2, 0) is 11.0 Å². The number of hydrogen-bond donors (Lipinski definition) is 2. The van der Waals surface area contributed by atoms with Crippen LogP contribution in [0.3, 0.4) is 0 Å². The van der Waals surface area contributed by atoms with Gasteiger partial charge in [-0.1, -0.05) is 18.2 Å². The number of nitrogens with one attached hydrogen (secondary N) is 1. The molecule has 2 rings (SSSR count). The largest absolute Gasteiger partial charge is 0.507 e. The summed E-state index contributed by atoms with van der Waals surface area (Å²) < 4.78 is 42.8. The zero-order valence-corrected chi connectivity index (χ0v) is 13.2. The summed E-state index contributed by atoms with van der Waals surface area (Å²) in [6.07, 6.45) is -4.49. The molecule has 0 spiro atoms. The summed E-state index contributed by atoms with van der Waals surface area (Å²) in [4.78, 5) is 11.7. The fourth-order valence-electron chi connectivity index (χ4n) is 1.93. The SMILES string of the molecule is C/C(=N\NC(=O)COc1cccc(C(F)(F)F)c1)c1ccccc1O. The van der Waals surface area contributed by atoms with Gasteiger partial charge in [0.25, 0.3) is 5.91 Å². The summed E-state index contributed by atoms with van der Waals surface area (Å²) in [5.74, 6) is -0.711. The molecule has 2 N–H and O–H groups in total. The Balaban J connectivity index is 1.93. The van der Waals surface area contributed by atoms with Crippen LogP contribution < -0.4 is 10.2 Å². The molecule has 0 radical (unpaired) electrons. The van der Waals surface area contributed by atoms with Crippen molar-refractivity contribution in [2.24, 2.45) is 5.10 Å². The van der Waals surface area contributed by atoms with Gasteiger partial charge < -0.3 is 9.84 Å². The molecule has 0 heterocycles. The molecule has 2 aromatic carbocycles. The molecule has 5 nitrogen and oxygen atoms in total. The van der Waals surface area contributed by atoms with E-state index < -0.39 is 24.3 Å². The smallest absolute Gasteiger partial charge is 0.416 e. The van der Waals surface area contributed by atoms with Gasteiger partial charge in [-0.15, -0.1) is 0 Å². The van der Waals surface area contributed by atoms with E-state index in [1.54, 1.807) is 25.1 Å². The average Bonchev–Trinajstić information content (AvgIpc) is 2.58. The van der Waals surface area contributed by atoms with Gasteiger partial charge in [0, 0.05) is 5.56 Å². The molecule has 0 aliphatic heterocycles. The van der Waals surface area contributed by atoms with E-state index >= 15 is 0 Å². The lowest BCUT2D eigenvalue weighted by Crippen LogP contribution is -2.25. The lowest BCUT2D eigenvalue weighted by Gasteiger charge is -2.10. The molecule has 0 atom stereocenters. The fraction of sp³-hybridized carbons (Fsp3) is 0.176. The van der Waals surface area contributed by atoms with E-state index in [2.05, 4.69) is 10.5 Å². The molecule has 0 aromatic heterocycles. The number of hydrazone groups is 1. The van der Waals surface area contributed by atoms with Crippen molar-refractivity contribution in [3.8, 4) is 11.5 Å². The molecular weight excluding hydrogens is 337 g/mol. The third-order valence-electron chi connectivity index (χ3n) is 3.17. The second-order valence-electron chi connectivity index (χ2n) is 5.06. The first-order valence-corrected chi connectivity index (χ1v) is 7.19. The topological polar surface area (TPSA) is 70.9 Å². The van der Waals surface area contributed by atoms with Crippen LogP contribution in [0.2, 0.25) is 0 Å². The molecule has 8 heteroatoms. The third kappa shape index (κ3) is 5.23. The summed E-state index contributed by atoms with van der Waals surface area (Å²) >= 11 is 0. The lowest BCUT2D eigenvalue weighted by atomic mass is 10.1. The number of hydrogen-bond acceptors (Lipinski definition) is 4. The highest BCUT2D eigenvalue weighted by atomic mass is 19.4. The van der Waals surface area contributed by atoms with Crippen molar-refractivity contribution in [1.29, 1.82) is 0 Å². The van der Waals surface area contributed by atoms with Gasteiger partial charge in [0.15, 0.2) is 6.61 Å². The highest BCUT2D eigenvalue weighted by Gasteiger charge is 2.30. The Labute approximate surface area is 141 Å². The van der Waals surface area contributed by atoms with Crippen molar-refractivity contribution in [3.05, 3.63) is 59.7 Å². The molecule has 0 unspecified atom stereocenters. The Morgan fingerprint density at radius 1 is 1.20 bits per heavy atom. The van der Waals surface area contributed by atoms with Crippen LogP contribution in [0.25, 0.3) is 0 Å². The summed E-state index contributed by atoms with van der Waals surface area (Å²) in [5, 5.41) is 13.5. The van der Waals surface area contributed by atoms with Crippen molar-refractivity contribution < 1.29 is 27.8 Å². The number of carbonyl (C=O) groups excluding carboxylic acids is 1. The van der Waals surface area contributed by atoms with Gasteiger partial charge in [0.05, 0.1) is 11.3 Å². The second kappa shape index (κ2) is 7.69. The van der Waals surface area contributed by atoms with Gasteiger partial charge in [-0.3, -0.25) is 4.79 Å². The molecule has 2 aromatic rings. The van der Waals surface area contributed by atoms with Crippen LogP contribution in [0.15, 0.2) is 53.6 Å². The maximum absolute atomic E-state index is 12.6. The number of ether oxygens (including phenoxy) is 1. The van der Waals surface area contributed by atoms with Crippen molar-refractivity contribution in [3.63, 3.8) is 0 Å². The van der Waals surface area contributed by atoms with E-state index in [0.29, 0.717) is 11.3 Å². The van der Waals surface area contributed by atoms with Crippen LogP contribution in [0.5, 0.6) is 11.5 Å². The molecule has 0 aliphatic carbocycles. The van der Waals surface area contributed by atoms with Gasteiger partial charge in [-0.05, 0) is 37.3 Å². The van der Waals surface area contributed by atoms with Crippen LogP contribution in [0.1, 0.15) is 18.1 Å². The standard InChI is InChI=1S/C17H15F3N2O3/c1-11(14-7-2-3-8-15(14)23)21-22-16(24)10-25-13-6-4-5-12(9-13)17(18,19)20/h2-9,23H,10H2,1H3,(H,22,24)/b21-11+. The van der Waals surface area contributed by atoms with Crippen molar-refractivity contribution in [1.82, 2.24) is 5.43 Å². The van der Waals surface area contributed by atoms with Crippen molar-refractivity contribution >= 4 is 11.6 Å². The molecule has 0 aliphatic rings. The molecular formula is C17H15F3N2O3. The average molecular weight is 352 g/mol. The quantitative estimate of drug-likeness (QED) is 0.640. The van der Waals surface area contributed by atoms with E-state index in [-0.39, 0.29) is 11.5 Å². The number of aromatic hydroxyl groups is 1. The normalized spacial score (nSPS) is 11.9. The maximum atomic E-state index is 12.6. The summed E-state index contributed by atoms with van der Waals surface area (Å²) in [7, 11) is 0. The van der Waals surface area contributed by atoms with Gasteiger partial charge >= 0.3 is 6.18 Å². The minimum Gasteiger partial charge on any atom is -0.507 e. The number of para-hydroxylation sites is 1. The Morgan fingerprint density at radius 2 is 1.92 bits per heavy atom. The van der Waals surface area contributed by atoms with Crippen LogP contribution >= 0.6 is 0 Å². The number of nitrogens with zero attached hydrogens (tertiary/aromatic N) is 1. The Hall–Kier alpha value is -3.03. The molecule has 132 valence electrons. The minimum absolute atomic E-state index is 0.0122. The second-order valence-corrected chi connectivity index (χ2v) is 5.06. The third-order valence-corrected chi connectivity index (χ3v) is 3.17. The zero-order valence-electron chi connectivity index (χ0n) is 13.2. The van der Waals surface area contributed by atoms with Crippen LogP contribution in [-0.4, -0.2) is 23.3 Å². The van der Waals surface area contributed by atoms with Gasteiger partial charge in [0.2, 0.25) is 0 Å². The predicted molar refractivity (Wildman–Crippen MR) is 85.4 cm³/mol. The summed E-state index contributed by atoms with van der Waals surface area (Å²) in [5.41, 5.74) is 2.16. The Morgan fingerprint density at radius 3 is 2.60 bits per heavy atom. The molecule has 25 heavy (non-hydrogen) atoms. The van der Waals surface area contributed by atoms with E-state index in [4.69, 9.17) is 4.74 Å². The number of phenols is 1.